The summed E-state index contributed by atoms with van der Waals surface area (Å²) in [5, 5.41) is 0.902. The lowest BCUT2D eigenvalue weighted by Gasteiger charge is -2.29. The Balaban J connectivity index is 2.32. The van der Waals surface area contributed by atoms with Gasteiger partial charge in [0.25, 0.3) is 0 Å². The molecule has 0 bridgehead atoms. The van der Waals surface area contributed by atoms with Gasteiger partial charge in [-0.3, -0.25) is 4.79 Å². The zero-order valence-electron chi connectivity index (χ0n) is 15.2. The van der Waals surface area contributed by atoms with Crippen molar-refractivity contribution in [2.24, 2.45) is 0 Å². The fourth-order valence-electron chi connectivity index (χ4n) is 3.39. The number of ether oxygens (including phenoxy) is 1. The summed E-state index contributed by atoms with van der Waals surface area (Å²) < 4.78 is 17.4. The minimum atomic E-state index is -0.603. The van der Waals surface area contributed by atoms with Gasteiger partial charge in [0.1, 0.15) is 16.7 Å². The minimum absolute atomic E-state index is 0.214. The van der Waals surface area contributed by atoms with E-state index in [0.29, 0.717) is 39.8 Å². The molecule has 0 aliphatic carbocycles. The second kappa shape index (κ2) is 5.59. The number of rotatable bonds is 2. The highest BCUT2D eigenvalue weighted by Gasteiger charge is 2.30. The summed E-state index contributed by atoms with van der Waals surface area (Å²) in [6.45, 7) is 7.57. The van der Waals surface area contributed by atoms with Crippen LogP contribution in [0.15, 0.2) is 30.8 Å². The highest BCUT2D eigenvalue weighted by Crippen LogP contribution is 2.43. The molecule has 2 aromatic heterocycles. The molecule has 0 spiro atoms. The molecule has 0 fully saturated rings. The zero-order chi connectivity index (χ0) is 18.6. The van der Waals surface area contributed by atoms with Gasteiger partial charge in [-0.15, -0.1) is 0 Å². The van der Waals surface area contributed by atoms with E-state index in [-0.39, 0.29) is 16.4 Å². The van der Waals surface area contributed by atoms with Crippen molar-refractivity contribution in [3.05, 3.63) is 55.7 Å². The molecule has 1 aliphatic rings. The maximum Gasteiger partial charge on any atom is 0.344 e. The topological polar surface area (TPSA) is 69.7 Å². The predicted octanol–water partition coefficient (Wildman–Crippen LogP) is 4.14. The van der Waals surface area contributed by atoms with Gasteiger partial charge in [-0.1, -0.05) is 13.3 Å². The average molecular weight is 351 g/mol. The van der Waals surface area contributed by atoms with Crippen molar-refractivity contribution in [3.8, 4) is 5.75 Å². The van der Waals surface area contributed by atoms with Gasteiger partial charge in [0.05, 0.1) is 23.3 Å². The largest absolute Gasteiger partial charge is 0.482 e. The van der Waals surface area contributed by atoms with Crippen LogP contribution in [0.3, 0.4) is 0 Å². The van der Waals surface area contributed by atoms with Crippen LogP contribution in [0.2, 0.25) is 0 Å². The van der Waals surface area contributed by atoms with Crippen LogP contribution in [-0.4, -0.2) is 5.60 Å². The summed E-state index contributed by atoms with van der Waals surface area (Å²) in [5.41, 5.74) is 1.07. The van der Waals surface area contributed by atoms with Crippen LogP contribution < -0.4 is 15.8 Å². The van der Waals surface area contributed by atoms with Crippen LogP contribution in [0, 0.1) is 13.0 Å². The Morgan fingerprint density at radius 1 is 1.15 bits per heavy atom. The Morgan fingerprint density at radius 3 is 2.65 bits per heavy atom. The molecule has 5 nitrogen and oxygen atoms in total. The van der Waals surface area contributed by atoms with Crippen molar-refractivity contribution in [3.63, 3.8) is 0 Å². The first-order valence-electron chi connectivity index (χ1n) is 8.67. The molecular weight excluding hydrogens is 332 g/mol. The number of fused-ring (bicyclic) bond motifs is 6. The average Bonchev–Trinajstić information content (AvgIpc) is 2.56. The first kappa shape index (κ1) is 16.6. The molecule has 0 N–H and O–H groups in total. The minimum Gasteiger partial charge on any atom is -0.482 e. The van der Waals surface area contributed by atoms with Gasteiger partial charge in [0, 0.05) is 5.56 Å². The number of hydrogen-bond acceptors (Lipinski definition) is 5. The van der Waals surface area contributed by atoms with Crippen LogP contribution in [0.5, 0.6) is 5.75 Å². The SMILES string of the molecule is CCCc1[c]c(=O)oc2c1c1c(c3occ(C)c(=O)c32)C=CC(C)(C)O1. The fourth-order valence-corrected chi connectivity index (χ4v) is 3.39. The maximum atomic E-state index is 12.8. The fraction of sp³-hybridized carbons (Fsp3) is 0.333. The molecular formula is C21H19O5. The van der Waals surface area contributed by atoms with Crippen LogP contribution in [0.4, 0.5) is 0 Å². The third-order valence-corrected chi connectivity index (χ3v) is 4.60. The summed E-state index contributed by atoms with van der Waals surface area (Å²) in [6.07, 6.45) is 6.70. The normalized spacial score (nSPS) is 15.2. The Labute approximate surface area is 149 Å². The van der Waals surface area contributed by atoms with Crippen LogP contribution in [0.1, 0.15) is 43.9 Å². The molecule has 0 amide bonds. The number of hydrogen-bond donors (Lipinski definition) is 0. The lowest BCUT2D eigenvalue weighted by Crippen LogP contribution is -2.28. The van der Waals surface area contributed by atoms with Gasteiger partial charge >= 0.3 is 5.63 Å². The van der Waals surface area contributed by atoms with Crippen LogP contribution >= 0.6 is 0 Å². The van der Waals surface area contributed by atoms with Crippen LogP contribution in [0.25, 0.3) is 28.0 Å². The molecule has 133 valence electrons. The standard InChI is InChI=1S/C21H19O5/c1-5-6-12-9-14(22)25-20-15(12)19-13(7-8-21(3,4)26-19)18-16(20)17(23)11(2)10-24-18/h7-8,10H,5-6H2,1-4H3. The highest BCUT2D eigenvalue weighted by atomic mass is 16.5. The van der Waals surface area contributed by atoms with Crippen molar-refractivity contribution >= 4 is 28.0 Å². The number of aryl methyl sites for hydroxylation is 2. The Kier molecular flexibility index (Phi) is 3.58. The van der Waals surface area contributed by atoms with Crippen molar-refractivity contribution in [2.45, 2.75) is 46.1 Å². The van der Waals surface area contributed by atoms with Crippen molar-refractivity contribution in [1.29, 1.82) is 0 Å². The monoisotopic (exact) mass is 351 g/mol. The van der Waals surface area contributed by atoms with Crippen molar-refractivity contribution in [2.75, 3.05) is 0 Å². The molecule has 1 radical (unpaired) electrons. The predicted molar refractivity (Wildman–Crippen MR) is 99.8 cm³/mol. The molecule has 3 aromatic rings. The maximum absolute atomic E-state index is 12.8. The lowest BCUT2D eigenvalue weighted by atomic mass is 9.94. The van der Waals surface area contributed by atoms with E-state index in [1.807, 2.05) is 32.9 Å². The molecule has 0 saturated carbocycles. The molecule has 0 saturated heterocycles. The first-order chi connectivity index (χ1) is 12.3. The van der Waals surface area contributed by atoms with Gasteiger partial charge in [0.15, 0.2) is 16.6 Å². The molecule has 1 aromatic carbocycles. The molecule has 3 heterocycles. The second-order valence-electron chi connectivity index (χ2n) is 7.18. The van der Waals surface area contributed by atoms with E-state index in [4.69, 9.17) is 13.6 Å². The van der Waals surface area contributed by atoms with Crippen LogP contribution in [-0.2, 0) is 6.42 Å². The van der Waals surface area contributed by atoms with E-state index in [2.05, 4.69) is 6.07 Å². The van der Waals surface area contributed by atoms with E-state index in [9.17, 15) is 9.59 Å². The van der Waals surface area contributed by atoms with E-state index >= 15 is 0 Å². The van der Waals surface area contributed by atoms with E-state index in [1.165, 1.54) is 6.26 Å². The second-order valence-corrected chi connectivity index (χ2v) is 7.18. The third kappa shape index (κ3) is 2.38. The first-order valence-corrected chi connectivity index (χ1v) is 8.67. The Morgan fingerprint density at radius 2 is 1.92 bits per heavy atom. The summed E-state index contributed by atoms with van der Waals surface area (Å²) in [4.78, 5) is 24.9. The molecule has 0 unspecified atom stereocenters. The Hall–Kier alpha value is -2.82. The summed E-state index contributed by atoms with van der Waals surface area (Å²) in [6, 6.07) is 2.77. The van der Waals surface area contributed by atoms with E-state index in [0.717, 1.165) is 6.42 Å². The van der Waals surface area contributed by atoms with E-state index < -0.39 is 11.2 Å². The Bertz CT molecular complexity index is 1190. The smallest absolute Gasteiger partial charge is 0.344 e. The number of benzene rings is 1. The van der Waals surface area contributed by atoms with E-state index in [1.54, 1.807) is 6.92 Å². The molecule has 0 atom stereocenters. The van der Waals surface area contributed by atoms with Gasteiger partial charge < -0.3 is 13.6 Å². The van der Waals surface area contributed by atoms with Crippen molar-refractivity contribution in [1.82, 2.24) is 0 Å². The molecule has 5 heteroatoms. The third-order valence-electron chi connectivity index (χ3n) is 4.60. The summed E-state index contributed by atoms with van der Waals surface area (Å²) >= 11 is 0. The van der Waals surface area contributed by atoms with Gasteiger partial charge in [-0.05, 0) is 44.9 Å². The quantitative estimate of drug-likeness (QED) is 0.512. The van der Waals surface area contributed by atoms with Gasteiger partial charge in [0.2, 0.25) is 0 Å². The zero-order valence-corrected chi connectivity index (χ0v) is 15.2. The van der Waals surface area contributed by atoms with Gasteiger partial charge in [-0.25, -0.2) is 4.79 Å². The highest BCUT2D eigenvalue weighted by molar-refractivity contribution is 6.10. The summed E-state index contributed by atoms with van der Waals surface area (Å²) in [7, 11) is 0. The van der Waals surface area contributed by atoms with Gasteiger partial charge in [-0.2, -0.15) is 0 Å². The molecule has 4 rings (SSSR count). The molecule has 26 heavy (non-hydrogen) atoms. The summed E-state index contributed by atoms with van der Waals surface area (Å²) in [5.74, 6) is 0.565. The lowest BCUT2D eigenvalue weighted by molar-refractivity contribution is 0.161. The molecule has 1 aliphatic heterocycles. The van der Waals surface area contributed by atoms with Crippen molar-refractivity contribution < 1.29 is 13.6 Å².